The molecule has 1 fully saturated rings. The number of aryl methyl sites for hydroxylation is 2. The number of carbonyl (C=O) groups excluding carboxylic acids is 2. The number of ether oxygens (including phenoxy) is 1. The Morgan fingerprint density at radius 3 is 2.65 bits per heavy atom. The van der Waals surface area contributed by atoms with Gasteiger partial charge in [0, 0.05) is 5.69 Å². The molecule has 1 heterocycles. The van der Waals surface area contributed by atoms with Gasteiger partial charge in [-0.05, 0) is 44.7 Å². The predicted octanol–water partition coefficient (Wildman–Crippen LogP) is 1.10. The third-order valence-electron chi connectivity index (χ3n) is 4.39. The molecule has 1 aromatic rings. The van der Waals surface area contributed by atoms with E-state index in [9.17, 15) is 9.59 Å². The van der Waals surface area contributed by atoms with Crippen molar-refractivity contribution in [1.82, 2.24) is 0 Å². The molecular weight excluding hydrogens is 292 g/mol. The molecule has 2 atom stereocenters. The zero-order valence-corrected chi connectivity index (χ0v) is 14.3. The van der Waals surface area contributed by atoms with E-state index in [-0.39, 0.29) is 17.8 Å². The molecule has 1 aromatic carbocycles. The zero-order chi connectivity index (χ0) is 16.8. The molecule has 0 bridgehead atoms. The maximum Gasteiger partial charge on any atom is 0.314 e. The molecule has 1 aliphatic heterocycles. The van der Waals surface area contributed by atoms with Gasteiger partial charge in [0.1, 0.15) is 5.92 Å². The van der Waals surface area contributed by atoms with Crippen LogP contribution in [0, 0.1) is 19.8 Å². The zero-order valence-electron chi connectivity index (χ0n) is 14.3. The molecule has 1 saturated heterocycles. The van der Waals surface area contributed by atoms with E-state index in [0.29, 0.717) is 19.7 Å². The van der Waals surface area contributed by atoms with Crippen molar-refractivity contribution < 1.29 is 19.2 Å². The first-order valence-corrected chi connectivity index (χ1v) is 8.37. The Kier molecular flexibility index (Phi) is 6.16. The average Bonchev–Trinajstić information content (AvgIpc) is 2.51. The SMILES string of the molecule is CCOC(=O)[C@H]1CCC[NH+](CC(=O)Nc2c(C)cccc2C)C1. The number of quaternary nitrogens is 1. The first-order chi connectivity index (χ1) is 11.0. The third kappa shape index (κ3) is 4.79. The maximum atomic E-state index is 12.3. The number of hydrogen-bond donors (Lipinski definition) is 2. The number of carbonyl (C=O) groups is 2. The molecule has 1 unspecified atom stereocenters. The van der Waals surface area contributed by atoms with Gasteiger partial charge in [0.25, 0.3) is 5.91 Å². The molecule has 5 heteroatoms. The summed E-state index contributed by atoms with van der Waals surface area (Å²) in [7, 11) is 0. The third-order valence-corrected chi connectivity index (χ3v) is 4.39. The van der Waals surface area contributed by atoms with Crippen LogP contribution in [0.5, 0.6) is 0 Å². The van der Waals surface area contributed by atoms with Gasteiger partial charge in [-0.15, -0.1) is 0 Å². The Balaban J connectivity index is 1.91. The summed E-state index contributed by atoms with van der Waals surface area (Å²) in [6.07, 6.45) is 1.82. The molecule has 1 amide bonds. The topological polar surface area (TPSA) is 59.8 Å². The Bertz CT molecular complexity index is 551. The van der Waals surface area contributed by atoms with Gasteiger partial charge in [-0.25, -0.2) is 0 Å². The van der Waals surface area contributed by atoms with E-state index in [1.165, 1.54) is 0 Å². The van der Waals surface area contributed by atoms with Gasteiger partial charge in [0.05, 0.1) is 19.7 Å². The maximum absolute atomic E-state index is 12.3. The lowest BCUT2D eigenvalue weighted by atomic mass is 9.98. The Hall–Kier alpha value is -1.88. The van der Waals surface area contributed by atoms with E-state index in [1.54, 1.807) is 0 Å². The summed E-state index contributed by atoms with van der Waals surface area (Å²) < 4.78 is 5.11. The van der Waals surface area contributed by atoms with E-state index in [1.807, 2.05) is 39.0 Å². The van der Waals surface area contributed by atoms with Crippen molar-refractivity contribution in [2.75, 3.05) is 31.6 Å². The van der Waals surface area contributed by atoms with Crippen molar-refractivity contribution in [3.05, 3.63) is 29.3 Å². The molecule has 2 rings (SSSR count). The molecule has 126 valence electrons. The quantitative estimate of drug-likeness (QED) is 0.799. The number of anilines is 1. The number of likely N-dealkylation sites (tertiary alicyclic amines) is 1. The molecule has 2 N–H and O–H groups in total. The number of nitrogens with one attached hydrogen (secondary N) is 2. The van der Waals surface area contributed by atoms with Crippen LogP contribution in [0.15, 0.2) is 18.2 Å². The van der Waals surface area contributed by atoms with E-state index < -0.39 is 0 Å². The second-order valence-electron chi connectivity index (χ2n) is 6.29. The molecule has 0 aliphatic carbocycles. The van der Waals surface area contributed by atoms with E-state index in [4.69, 9.17) is 4.74 Å². The highest BCUT2D eigenvalue weighted by atomic mass is 16.5. The number of rotatable bonds is 5. The minimum Gasteiger partial charge on any atom is -0.466 e. The van der Waals surface area contributed by atoms with Gasteiger partial charge >= 0.3 is 5.97 Å². The van der Waals surface area contributed by atoms with E-state index >= 15 is 0 Å². The summed E-state index contributed by atoms with van der Waals surface area (Å²) >= 11 is 0. The van der Waals surface area contributed by atoms with Crippen LogP contribution < -0.4 is 10.2 Å². The van der Waals surface area contributed by atoms with Crippen molar-refractivity contribution in [1.29, 1.82) is 0 Å². The first kappa shape index (κ1) is 17.5. The van der Waals surface area contributed by atoms with Crippen molar-refractivity contribution in [2.45, 2.75) is 33.6 Å². The fraction of sp³-hybridized carbons (Fsp3) is 0.556. The predicted molar refractivity (Wildman–Crippen MR) is 89.5 cm³/mol. The first-order valence-electron chi connectivity index (χ1n) is 8.37. The molecule has 0 spiro atoms. The Labute approximate surface area is 138 Å². The second-order valence-corrected chi connectivity index (χ2v) is 6.29. The molecular formula is C18H27N2O3+. The van der Waals surface area contributed by atoms with Crippen LogP contribution in [-0.4, -0.2) is 38.1 Å². The number of benzene rings is 1. The van der Waals surface area contributed by atoms with Gasteiger partial charge in [-0.1, -0.05) is 18.2 Å². The lowest BCUT2D eigenvalue weighted by Crippen LogP contribution is -3.14. The van der Waals surface area contributed by atoms with Crippen molar-refractivity contribution >= 4 is 17.6 Å². The summed E-state index contributed by atoms with van der Waals surface area (Å²) in [5, 5.41) is 3.02. The monoisotopic (exact) mass is 319 g/mol. The summed E-state index contributed by atoms with van der Waals surface area (Å²) in [5.74, 6) is -0.200. The average molecular weight is 319 g/mol. The fourth-order valence-corrected chi connectivity index (χ4v) is 3.20. The van der Waals surface area contributed by atoms with Crippen LogP contribution in [0.3, 0.4) is 0 Å². The van der Waals surface area contributed by atoms with Crippen molar-refractivity contribution in [3.8, 4) is 0 Å². The lowest BCUT2D eigenvalue weighted by Gasteiger charge is -2.28. The molecule has 1 aliphatic rings. The van der Waals surface area contributed by atoms with Crippen LogP contribution in [-0.2, 0) is 14.3 Å². The largest absolute Gasteiger partial charge is 0.466 e. The molecule has 0 saturated carbocycles. The highest BCUT2D eigenvalue weighted by Crippen LogP contribution is 2.19. The van der Waals surface area contributed by atoms with Gasteiger partial charge in [-0.3, -0.25) is 9.59 Å². The Morgan fingerprint density at radius 2 is 2.00 bits per heavy atom. The molecule has 23 heavy (non-hydrogen) atoms. The van der Waals surface area contributed by atoms with E-state index in [2.05, 4.69) is 5.32 Å². The number of para-hydroxylation sites is 1. The van der Waals surface area contributed by atoms with E-state index in [0.717, 1.165) is 41.1 Å². The Morgan fingerprint density at radius 1 is 1.30 bits per heavy atom. The number of amides is 1. The summed E-state index contributed by atoms with van der Waals surface area (Å²) in [6.45, 7) is 8.22. The summed E-state index contributed by atoms with van der Waals surface area (Å²) in [6, 6.07) is 5.97. The highest BCUT2D eigenvalue weighted by Gasteiger charge is 2.30. The van der Waals surface area contributed by atoms with Gasteiger partial charge in [-0.2, -0.15) is 0 Å². The van der Waals surface area contributed by atoms with Crippen molar-refractivity contribution in [2.24, 2.45) is 5.92 Å². The number of piperidine rings is 1. The van der Waals surface area contributed by atoms with Gasteiger partial charge < -0.3 is 15.0 Å². The van der Waals surface area contributed by atoms with Crippen LogP contribution >= 0.6 is 0 Å². The van der Waals surface area contributed by atoms with Gasteiger partial charge in [0.15, 0.2) is 6.54 Å². The highest BCUT2D eigenvalue weighted by molar-refractivity contribution is 5.93. The summed E-state index contributed by atoms with van der Waals surface area (Å²) in [5.41, 5.74) is 3.03. The minimum absolute atomic E-state index is 0.00177. The van der Waals surface area contributed by atoms with Gasteiger partial charge in [0.2, 0.25) is 0 Å². The fourth-order valence-electron chi connectivity index (χ4n) is 3.20. The van der Waals surface area contributed by atoms with Crippen LogP contribution in [0.25, 0.3) is 0 Å². The van der Waals surface area contributed by atoms with Crippen LogP contribution in [0.2, 0.25) is 0 Å². The lowest BCUT2D eigenvalue weighted by molar-refractivity contribution is -0.899. The number of hydrogen-bond acceptors (Lipinski definition) is 3. The van der Waals surface area contributed by atoms with Crippen LogP contribution in [0.4, 0.5) is 5.69 Å². The van der Waals surface area contributed by atoms with Crippen molar-refractivity contribution in [3.63, 3.8) is 0 Å². The second kappa shape index (κ2) is 8.11. The normalized spacial score (nSPS) is 20.8. The molecule has 5 nitrogen and oxygen atoms in total. The smallest absolute Gasteiger partial charge is 0.314 e. The minimum atomic E-state index is -0.125. The standard InChI is InChI=1S/C18H26N2O3/c1-4-23-18(22)15-9-6-10-20(11-15)12-16(21)19-17-13(2)7-5-8-14(17)3/h5,7-8,15H,4,6,9-12H2,1-3H3,(H,19,21)/p+1/t15-/m0/s1. The summed E-state index contributed by atoms with van der Waals surface area (Å²) in [4.78, 5) is 25.4. The molecule has 0 aromatic heterocycles. The molecule has 0 radical (unpaired) electrons. The van der Waals surface area contributed by atoms with Crippen LogP contribution in [0.1, 0.15) is 30.9 Å². The number of esters is 1.